The van der Waals surface area contributed by atoms with Gasteiger partial charge >= 0.3 is 0 Å². The number of hydrogen-bond donors (Lipinski definition) is 2. The zero-order valence-corrected chi connectivity index (χ0v) is 12.4. The van der Waals surface area contributed by atoms with E-state index >= 15 is 0 Å². The number of halogens is 1. The number of aliphatic hydroxyl groups is 1. The first-order valence-corrected chi connectivity index (χ1v) is 7.46. The molecule has 2 N–H and O–H groups in total. The van der Waals surface area contributed by atoms with E-state index in [2.05, 4.69) is 20.7 Å². The predicted octanol–water partition coefficient (Wildman–Crippen LogP) is 1.73. The van der Waals surface area contributed by atoms with Gasteiger partial charge in [0.25, 0.3) is 0 Å². The molecular weight excluding hydrogens is 306 g/mol. The summed E-state index contributed by atoms with van der Waals surface area (Å²) in [7, 11) is -3.58. The third-order valence-electron chi connectivity index (χ3n) is 2.41. The van der Waals surface area contributed by atoms with Crippen LogP contribution in [0.2, 0.25) is 0 Å². The fourth-order valence-corrected chi connectivity index (χ4v) is 3.63. The van der Waals surface area contributed by atoms with E-state index in [4.69, 9.17) is 5.11 Å². The molecule has 0 spiro atoms. The Bertz CT molecular complexity index is 512. The van der Waals surface area contributed by atoms with Crippen molar-refractivity contribution in [2.75, 3.05) is 6.54 Å². The average molecular weight is 322 g/mol. The Hall–Kier alpha value is -0.430. The highest BCUT2D eigenvalue weighted by molar-refractivity contribution is 9.10. The normalized spacial score (nSPS) is 13.7. The summed E-state index contributed by atoms with van der Waals surface area (Å²) in [6.45, 7) is 5.30. The maximum Gasteiger partial charge on any atom is 0.241 e. The van der Waals surface area contributed by atoms with E-state index in [1.165, 1.54) is 6.92 Å². The Balaban J connectivity index is 3.11. The fraction of sp³-hybridized carbons (Fsp3) is 0.455. The molecule has 1 atom stereocenters. The second kappa shape index (κ2) is 5.48. The van der Waals surface area contributed by atoms with Crippen LogP contribution in [0, 0.1) is 13.8 Å². The molecular formula is C11H16BrNO3S. The third-order valence-corrected chi connectivity index (χ3v) is 4.79. The summed E-state index contributed by atoms with van der Waals surface area (Å²) >= 11 is 3.24. The van der Waals surface area contributed by atoms with Gasteiger partial charge in [-0.3, -0.25) is 0 Å². The summed E-state index contributed by atoms with van der Waals surface area (Å²) in [6.07, 6.45) is -0.713. The second-order valence-corrected chi connectivity index (χ2v) is 6.66. The maximum absolute atomic E-state index is 12.0. The summed E-state index contributed by atoms with van der Waals surface area (Å²) in [5, 5.41) is 9.09. The summed E-state index contributed by atoms with van der Waals surface area (Å²) in [4.78, 5) is 0.196. The molecule has 0 fully saturated rings. The van der Waals surface area contributed by atoms with Crippen molar-refractivity contribution in [3.05, 3.63) is 27.7 Å². The van der Waals surface area contributed by atoms with Crippen LogP contribution in [-0.2, 0) is 10.0 Å². The summed E-state index contributed by atoms with van der Waals surface area (Å²) < 4.78 is 26.8. The van der Waals surface area contributed by atoms with Crippen molar-refractivity contribution >= 4 is 26.0 Å². The number of benzene rings is 1. The van der Waals surface area contributed by atoms with Crippen LogP contribution >= 0.6 is 15.9 Å². The highest BCUT2D eigenvalue weighted by Gasteiger charge is 2.18. The van der Waals surface area contributed by atoms with Crippen molar-refractivity contribution in [2.45, 2.75) is 31.8 Å². The average Bonchev–Trinajstić information content (AvgIpc) is 2.20. The third kappa shape index (κ3) is 3.77. The molecule has 0 aliphatic heterocycles. The summed E-state index contributed by atoms with van der Waals surface area (Å²) in [5.74, 6) is 0. The van der Waals surface area contributed by atoms with Gasteiger partial charge in [-0.2, -0.15) is 0 Å². The lowest BCUT2D eigenvalue weighted by Crippen LogP contribution is -2.30. The van der Waals surface area contributed by atoms with E-state index < -0.39 is 16.1 Å². The molecule has 0 aliphatic carbocycles. The van der Waals surface area contributed by atoms with Crippen LogP contribution in [0.4, 0.5) is 0 Å². The number of sulfonamides is 1. The molecule has 0 heterocycles. The van der Waals surface area contributed by atoms with Crippen molar-refractivity contribution in [1.29, 1.82) is 0 Å². The Morgan fingerprint density at radius 1 is 1.35 bits per heavy atom. The van der Waals surface area contributed by atoms with Crippen molar-refractivity contribution in [3.63, 3.8) is 0 Å². The van der Waals surface area contributed by atoms with Gasteiger partial charge in [0, 0.05) is 11.0 Å². The number of nitrogens with one attached hydrogen (secondary N) is 1. The first-order valence-electron chi connectivity index (χ1n) is 5.18. The quantitative estimate of drug-likeness (QED) is 0.887. The highest BCUT2D eigenvalue weighted by Crippen LogP contribution is 2.25. The SMILES string of the molecule is Cc1cc(Br)c(S(=O)(=O)NC[C@H](C)O)cc1C. The largest absolute Gasteiger partial charge is 0.392 e. The van der Waals surface area contributed by atoms with E-state index in [-0.39, 0.29) is 11.4 Å². The highest BCUT2D eigenvalue weighted by atomic mass is 79.9. The molecule has 0 aliphatic rings. The van der Waals surface area contributed by atoms with Gasteiger partial charge in [0.05, 0.1) is 11.0 Å². The van der Waals surface area contributed by atoms with E-state index in [1.807, 2.05) is 13.8 Å². The minimum Gasteiger partial charge on any atom is -0.392 e. The minimum absolute atomic E-state index is 0.00168. The number of aliphatic hydroxyl groups excluding tert-OH is 1. The van der Waals surface area contributed by atoms with Crippen LogP contribution < -0.4 is 4.72 Å². The number of rotatable bonds is 4. The van der Waals surface area contributed by atoms with Crippen LogP contribution in [0.1, 0.15) is 18.1 Å². The Labute approximate surface area is 110 Å². The van der Waals surface area contributed by atoms with Crippen LogP contribution in [0.25, 0.3) is 0 Å². The number of aryl methyl sites for hydroxylation is 2. The van der Waals surface area contributed by atoms with Gasteiger partial charge in [-0.25, -0.2) is 13.1 Å². The Kier molecular flexibility index (Phi) is 4.71. The lowest BCUT2D eigenvalue weighted by atomic mass is 10.1. The molecule has 96 valence electrons. The molecule has 17 heavy (non-hydrogen) atoms. The van der Waals surface area contributed by atoms with Gasteiger partial charge in [-0.05, 0) is 60.0 Å². The van der Waals surface area contributed by atoms with Gasteiger partial charge in [0.1, 0.15) is 0 Å². The second-order valence-electron chi connectivity index (χ2n) is 4.07. The molecule has 6 heteroatoms. The van der Waals surface area contributed by atoms with Crippen molar-refractivity contribution in [2.24, 2.45) is 0 Å². The first kappa shape index (κ1) is 14.6. The molecule has 0 aromatic heterocycles. The van der Waals surface area contributed by atoms with Crippen LogP contribution in [0.5, 0.6) is 0 Å². The topological polar surface area (TPSA) is 66.4 Å². The molecule has 1 aromatic carbocycles. The van der Waals surface area contributed by atoms with Gasteiger partial charge < -0.3 is 5.11 Å². The van der Waals surface area contributed by atoms with Crippen LogP contribution in [0.3, 0.4) is 0 Å². The lowest BCUT2D eigenvalue weighted by molar-refractivity contribution is 0.198. The summed E-state index contributed by atoms with van der Waals surface area (Å²) in [5.41, 5.74) is 1.93. The van der Waals surface area contributed by atoms with Gasteiger partial charge in [-0.15, -0.1) is 0 Å². The van der Waals surface area contributed by atoms with Crippen molar-refractivity contribution < 1.29 is 13.5 Å². The molecule has 1 aromatic rings. The minimum atomic E-state index is -3.58. The first-order chi connectivity index (χ1) is 7.74. The van der Waals surface area contributed by atoms with E-state index in [1.54, 1.807) is 12.1 Å². The van der Waals surface area contributed by atoms with E-state index in [0.717, 1.165) is 11.1 Å². The Morgan fingerprint density at radius 2 is 1.88 bits per heavy atom. The standard InChI is InChI=1S/C11H16BrNO3S/c1-7-4-10(12)11(5-8(7)2)17(15,16)13-6-9(3)14/h4-5,9,13-14H,6H2,1-3H3/t9-/m0/s1. The van der Waals surface area contributed by atoms with E-state index in [9.17, 15) is 8.42 Å². The maximum atomic E-state index is 12.0. The molecule has 0 unspecified atom stereocenters. The molecule has 4 nitrogen and oxygen atoms in total. The summed E-state index contributed by atoms with van der Waals surface area (Å²) in [6, 6.07) is 3.38. The Morgan fingerprint density at radius 3 is 2.41 bits per heavy atom. The van der Waals surface area contributed by atoms with Gasteiger partial charge in [0.15, 0.2) is 0 Å². The zero-order chi connectivity index (χ0) is 13.2. The van der Waals surface area contributed by atoms with Gasteiger partial charge in [-0.1, -0.05) is 0 Å². The lowest BCUT2D eigenvalue weighted by Gasteiger charge is -2.11. The van der Waals surface area contributed by atoms with Crippen LogP contribution in [0.15, 0.2) is 21.5 Å². The molecule has 0 amide bonds. The number of hydrogen-bond acceptors (Lipinski definition) is 3. The van der Waals surface area contributed by atoms with Crippen LogP contribution in [-0.4, -0.2) is 26.2 Å². The van der Waals surface area contributed by atoms with Crippen molar-refractivity contribution in [1.82, 2.24) is 4.72 Å². The monoisotopic (exact) mass is 321 g/mol. The molecule has 0 radical (unpaired) electrons. The van der Waals surface area contributed by atoms with Crippen molar-refractivity contribution in [3.8, 4) is 0 Å². The smallest absolute Gasteiger partial charge is 0.241 e. The van der Waals surface area contributed by atoms with E-state index in [0.29, 0.717) is 4.47 Å². The van der Waals surface area contributed by atoms with Gasteiger partial charge in [0.2, 0.25) is 10.0 Å². The molecule has 1 rings (SSSR count). The molecule has 0 saturated heterocycles. The fourth-order valence-electron chi connectivity index (χ4n) is 1.27. The molecule has 0 bridgehead atoms. The predicted molar refractivity (Wildman–Crippen MR) is 70.5 cm³/mol. The molecule has 0 saturated carbocycles. The zero-order valence-electron chi connectivity index (χ0n) is 9.99.